The molecule has 1 aromatic carbocycles. The van der Waals surface area contributed by atoms with E-state index >= 15 is 0 Å². The number of anilines is 1. The second-order valence-corrected chi connectivity index (χ2v) is 5.06. The van der Waals surface area contributed by atoms with Gasteiger partial charge in [0.1, 0.15) is 11.2 Å². The average molecular weight is 315 g/mol. The molecule has 1 heterocycles. The summed E-state index contributed by atoms with van der Waals surface area (Å²) in [6.45, 7) is 1.07. The monoisotopic (exact) mass is 314 g/mol. The SMILES string of the molecule is COC(=O)c1cccc(N2CC(N)OCC2Br)c1. The molecule has 0 bridgehead atoms. The molecule has 1 fully saturated rings. The molecule has 0 aromatic heterocycles. The number of hydrogen-bond acceptors (Lipinski definition) is 5. The van der Waals surface area contributed by atoms with E-state index in [1.54, 1.807) is 12.1 Å². The highest BCUT2D eigenvalue weighted by Crippen LogP contribution is 2.24. The maximum atomic E-state index is 11.5. The molecule has 1 aliphatic rings. The Labute approximate surface area is 114 Å². The molecule has 2 unspecified atom stereocenters. The molecule has 0 radical (unpaired) electrons. The van der Waals surface area contributed by atoms with Gasteiger partial charge in [0.15, 0.2) is 0 Å². The van der Waals surface area contributed by atoms with E-state index in [2.05, 4.69) is 20.8 Å². The number of benzene rings is 1. The number of methoxy groups -OCH3 is 1. The summed E-state index contributed by atoms with van der Waals surface area (Å²) >= 11 is 3.53. The number of carbonyl (C=O) groups excluding carboxylic acids is 1. The Morgan fingerprint density at radius 3 is 3.11 bits per heavy atom. The maximum absolute atomic E-state index is 11.5. The molecule has 1 aromatic rings. The molecule has 0 amide bonds. The minimum Gasteiger partial charge on any atom is -0.465 e. The van der Waals surface area contributed by atoms with Gasteiger partial charge in [-0.25, -0.2) is 4.79 Å². The molecule has 2 atom stereocenters. The predicted octanol–water partition coefficient (Wildman–Crippen LogP) is 1.32. The first-order valence-corrected chi connectivity index (χ1v) is 6.49. The van der Waals surface area contributed by atoms with Gasteiger partial charge < -0.3 is 20.1 Å². The third-order valence-electron chi connectivity index (χ3n) is 2.76. The number of halogens is 1. The van der Waals surface area contributed by atoms with Gasteiger partial charge in [-0.1, -0.05) is 22.0 Å². The second-order valence-electron chi connectivity index (χ2n) is 4.00. The van der Waals surface area contributed by atoms with Crippen LogP contribution in [-0.4, -0.2) is 37.4 Å². The zero-order chi connectivity index (χ0) is 13.1. The zero-order valence-electron chi connectivity index (χ0n) is 10.0. The van der Waals surface area contributed by atoms with E-state index in [4.69, 9.17) is 15.2 Å². The van der Waals surface area contributed by atoms with Crippen LogP contribution in [0.25, 0.3) is 0 Å². The molecule has 6 heteroatoms. The molecule has 18 heavy (non-hydrogen) atoms. The molecule has 2 rings (SSSR count). The van der Waals surface area contributed by atoms with Crippen LogP contribution in [0.5, 0.6) is 0 Å². The van der Waals surface area contributed by atoms with Gasteiger partial charge in [-0.3, -0.25) is 0 Å². The number of rotatable bonds is 2. The maximum Gasteiger partial charge on any atom is 0.337 e. The van der Waals surface area contributed by atoms with Crippen molar-refractivity contribution in [1.82, 2.24) is 0 Å². The number of carbonyl (C=O) groups is 1. The third kappa shape index (κ3) is 2.82. The fourth-order valence-electron chi connectivity index (χ4n) is 1.85. The topological polar surface area (TPSA) is 64.8 Å². The summed E-state index contributed by atoms with van der Waals surface area (Å²) in [7, 11) is 1.37. The lowest BCUT2D eigenvalue weighted by Gasteiger charge is -2.37. The largest absolute Gasteiger partial charge is 0.465 e. The van der Waals surface area contributed by atoms with E-state index in [0.29, 0.717) is 18.7 Å². The lowest BCUT2D eigenvalue weighted by atomic mass is 10.2. The summed E-state index contributed by atoms with van der Waals surface area (Å²) in [5.41, 5.74) is 7.21. The van der Waals surface area contributed by atoms with E-state index in [1.807, 2.05) is 12.1 Å². The molecule has 0 saturated carbocycles. The highest BCUT2D eigenvalue weighted by Gasteiger charge is 2.25. The Balaban J connectivity index is 2.24. The van der Waals surface area contributed by atoms with Gasteiger partial charge in [0.05, 0.1) is 25.8 Å². The lowest BCUT2D eigenvalue weighted by Crippen LogP contribution is -2.50. The quantitative estimate of drug-likeness (QED) is 0.506. The first-order chi connectivity index (χ1) is 8.61. The summed E-state index contributed by atoms with van der Waals surface area (Å²) < 4.78 is 10.0. The van der Waals surface area contributed by atoms with Crippen LogP contribution in [0.1, 0.15) is 10.4 Å². The van der Waals surface area contributed by atoms with Gasteiger partial charge in [0, 0.05) is 5.69 Å². The number of esters is 1. The van der Waals surface area contributed by atoms with E-state index in [9.17, 15) is 4.79 Å². The van der Waals surface area contributed by atoms with Gasteiger partial charge in [0.25, 0.3) is 0 Å². The molecule has 5 nitrogen and oxygen atoms in total. The van der Waals surface area contributed by atoms with Crippen molar-refractivity contribution in [1.29, 1.82) is 0 Å². The molecule has 1 saturated heterocycles. The number of ether oxygens (including phenoxy) is 2. The fourth-order valence-corrected chi connectivity index (χ4v) is 2.41. The summed E-state index contributed by atoms with van der Waals surface area (Å²) in [5, 5.41) is 0. The van der Waals surface area contributed by atoms with Crippen LogP contribution in [0.2, 0.25) is 0 Å². The van der Waals surface area contributed by atoms with Crippen molar-refractivity contribution in [2.75, 3.05) is 25.2 Å². The molecular weight excluding hydrogens is 300 g/mol. The highest BCUT2D eigenvalue weighted by molar-refractivity contribution is 9.09. The van der Waals surface area contributed by atoms with Crippen molar-refractivity contribution in [2.24, 2.45) is 5.73 Å². The highest BCUT2D eigenvalue weighted by atomic mass is 79.9. The summed E-state index contributed by atoms with van der Waals surface area (Å²) in [5.74, 6) is -0.347. The van der Waals surface area contributed by atoms with Crippen molar-refractivity contribution in [2.45, 2.75) is 11.2 Å². The van der Waals surface area contributed by atoms with Crippen molar-refractivity contribution >= 4 is 27.6 Å². The Morgan fingerprint density at radius 1 is 1.61 bits per heavy atom. The van der Waals surface area contributed by atoms with Gasteiger partial charge in [-0.15, -0.1) is 0 Å². The van der Waals surface area contributed by atoms with Crippen LogP contribution >= 0.6 is 15.9 Å². The lowest BCUT2D eigenvalue weighted by molar-refractivity contribution is 0.0402. The van der Waals surface area contributed by atoms with Crippen LogP contribution in [0.4, 0.5) is 5.69 Å². The summed E-state index contributed by atoms with van der Waals surface area (Å²) in [6.07, 6.45) is -0.319. The molecule has 0 spiro atoms. The first-order valence-electron chi connectivity index (χ1n) is 5.58. The van der Waals surface area contributed by atoms with Gasteiger partial charge in [-0.2, -0.15) is 0 Å². The number of alkyl halides is 1. The van der Waals surface area contributed by atoms with Crippen LogP contribution in [0.3, 0.4) is 0 Å². The molecule has 0 aliphatic carbocycles. The van der Waals surface area contributed by atoms with Gasteiger partial charge in [-0.05, 0) is 18.2 Å². The van der Waals surface area contributed by atoms with Crippen LogP contribution < -0.4 is 10.6 Å². The fraction of sp³-hybridized carbons (Fsp3) is 0.417. The van der Waals surface area contributed by atoms with Crippen molar-refractivity contribution in [3.63, 3.8) is 0 Å². The molecular formula is C12H15BrN2O3. The Bertz CT molecular complexity index is 441. The molecule has 2 N–H and O–H groups in total. The van der Waals surface area contributed by atoms with E-state index in [0.717, 1.165) is 5.69 Å². The van der Waals surface area contributed by atoms with Crippen molar-refractivity contribution < 1.29 is 14.3 Å². The standard InChI is InChI=1S/C12H15BrN2O3/c1-17-12(16)8-3-2-4-9(5-8)15-6-11(14)18-7-10(15)13/h2-5,10-11H,6-7,14H2,1H3. The minimum absolute atomic E-state index is 0.0465. The summed E-state index contributed by atoms with van der Waals surface area (Å²) in [4.78, 5) is 13.6. The number of morpholine rings is 1. The zero-order valence-corrected chi connectivity index (χ0v) is 11.6. The number of hydrogen-bond donors (Lipinski definition) is 1. The second kappa shape index (κ2) is 5.69. The van der Waals surface area contributed by atoms with Crippen LogP contribution in [0, 0.1) is 0 Å². The average Bonchev–Trinajstić information content (AvgIpc) is 2.40. The predicted molar refractivity (Wildman–Crippen MR) is 71.8 cm³/mol. The van der Waals surface area contributed by atoms with E-state index < -0.39 is 0 Å². The number of nitrogens with zero attached hydrogens (tertiary/aromatic N) is 1. The van der Waals surface area contributed by atoms with Crippen molar-refractivity contribution in [3.8, 4) is 0 Å². The Hall–Kier alpha value is -1.11. The van der Waals surface area contributed by atoms with Gasteiger partial charge in [0.2, 0.25) is 0 Å². The smallest absolute Gasteiger partial charge is 0.337 e. The summed E-state index contributed by atoms with van der Waals surface area (Å²) in [6, 6.07) is 7.26. The minimum atomic E-state index is -0.347. The van der Waals surface area contributed by atoms with E-state index in [1.165, 1.54) is 7.11 Å². The third-order valence-corrected chi connectivity index (χ3v) is 3.52. The van der Waals surface area contributed by atoms with E-state index in [-0.39, 0.29) is 17.1 Å². The molecule has 1 aliphatic heterocycles. The van der Waals surface area contributed by atoms with Gasteiger partial charge >= 0.3 is 5.97 Å². The molecule has 98 valence electrons. The number of nitrogens with two attached hydrogens (primary N) is 1. The van der Waals surface area contributed by atoms with Crippen molar-refractivity contribution in [3.05, 3.63) is 29.8 Å². The first kappa shape index (κ1) is 13.3. The van der Waals surface area contributed by atoms with Crippen LogP contribution in [-0.2, 0) is 9.47 Å². The normalized spacial score (nSPS) is 23.8. The Morgan fingerprint density at radius 2 is 2.39 bits per heavy atom. The van der Waals surface area contributed by atoms with Crippen LogP contribution in [0.15, 0.2) is 24.3 Å². The Kier molecular flexibility index (Phi) is 4.21.